The van der Waals surface area contributed by atoms with Crippen molar-refractivity contribution in [3.8, 4) is 11.4 Å². The normalized spacial score (nSPS) is 10.7. The largest absolute Gasteiger partial charge is 0.337 e. The molecule has 0 bridgehead atoms. The number of hydrogen-bond donors (Lipinski definition) is 2. The first-order valence-electron chi connectivity index (χ1n) is 8.62. The minimum atomic E-state index is -0.285. The molecule has 2 amide bonds. The zero-order valence-corrected chi connectivity index (χ0v) is 15.8. The molecule has 2 N–H and O–H groups in total. The van der Waals surface area contributed by atoms with Crippen LogP contribution in [-0.4, -0.2) is 42.8 Å². The lowest BCUT2D eigenvalue weighted by molar-refractivity contribution is 0.252. The fourth-order valence-electron chi connectivity index (χ4n) is 2.66. The minimum Gasteiger partial charge on any atom is -0.337 e. The van der Waals surface area contributed by atoms with Crippen LogP contribution in [0.15, 0.2) is 24.3 Å². The highest BCUT2D eigenvalue weighted by atomic mass is 16.2. The van der Waals surface area contributed by atoms with E-state index in [0.717, 1.165) is 28.3 Å². The average Bonchev–Trinajstić information content (AvgIpc) is 3.02. The molecule has 0 fully saturated rings. The topological polar surface area (TPSA) is 111 Å². The number of urea groups is 1. The Bertz CT molecular complexity index is 945. The van der Waals surface area contributed by atoms with E-state index in [1.807, 2.05) is 45.0 Å². The third-order valence-corrected chi connectivity index (χ3v) is 3.92. The highest BCUT2D eigenvalue weighted by molar-refractivity contribution is 5.90. The Labute approximate surface area is 157 Å². The van der Waals surface area contributed by atoms with Crippen LogP contribution in [-0.2, 0) is 13.5 Å². The number of nitrogens with zero attached hydrogens (tertiary/aromatic N) is 6. The van der Waals surface area contributed by atoms with Gasteiger partial charge in [0.1, 0.15) is 5.82 Å². The molecule has 0 radical (unpaired) electrons. The maximum atomic E-state index is 12.2. The molecule has 9 nitrogen and oxygen atoms in total. The Morgan fingerprint density at radius 3 is 2.52 bits per heavy atom. The molecule has 3 aromatic rings. The summed E-state index contributed by atoms with van der Waals surface area (Å²) >= 11 is 0. The zero-order chi connectivity index (χ0) is 19.4. The van der Waals surface area contributed by atoms with Crippen molar-refractivity contribution in [2.24, 2.45) is 7.05 Å². The number of carbonyl (C=O) groups is 1. The SMILES string of the molecule is Cc1cc(C)nc(CCNC(=O)Nc2cc(-c3nnn(C)n3)ccc2C)n1. The first-order chi connectivity index (χ1) is 12.9. The zero-order valence-electron chi connectivity index (χ0n) is 15.8. The van der Waals surface area contributed by atoms with E-state index in [4.69, 9.17) is 0 Å². The molecule has 0 saturated carbocycles. The Hall–Kier alpha value is -3.36. The predicted octanol–water partition coefficient (Wildman–Crippen LogP) is 1.96. The van der Waals surface area contributed by atoms with Crippen LogP contribution in [0.1, 0.15) is 22.8 Å². The molecule has 1 aromatic carbocycles. The molecule has 0 unspecified atom stereocenters. The van der Waals surface area contributed by atoms with E-state index in [1.54, 1.807) is 7.05 Å². The number of aryl methyl sites for hydroxylation is 4. The number of anilines is 1. The van der Waals surface area contributed by atoms with Crippen molar-refractivity contribution in [1.29, 1.82) is 0 Å². The first-order valence-corrected chi connectivity index (χ1v) is 8.62. The second kappa shape index (κ2) is 7.90. The van der Waals surface area contributed by atoms with Gasteiger partial charge < -0.3 is 10.6 Å². The van der Waals surface area contributed by atoms with Crippen LogP contribution in [0.25, 0.3) is 11.4 Å². The van der Waals surface area contributed by atoms with E-state index >= 15 is 0 Å². The van der Waals surface area contributed by atoms with Gasteiger partial charge in [-0.15, -0.1) is 10.2 Å². The molecule has 0 saturated heterocycles. The molecule has 0 aliphatic heterocycles. The molecule has 0 aliphatic rings. The van der Waals surface area contributed by atoms with Crippen LogP contribution in [0.2, 0.25) is 0 Å². The highest BCUT2D eigenvalue weighted by Gasteiger charge is 2.10. The second-order valence-electron chi connectivity index (χ2n) is 6.33. The molecule has 140 valence electrons. The average molecular weight is 366 g/mol. The summed E-state index contributed by atoms with van der Waals surface area (Å²) in [4.78, 5) is 22.4. The summed E-state index contributed by atoms with van der Waals surface area (Å²) in [6.07, 6.45) is 0.568. The van der Waals surface area contributed by atoms with Gasteiger partial charge in [-0.1, -0.05) is 12.1 Å². The van der Waals surface area contributed by atoms with Gasteiger partial charge in [0.15, 0.2) is 0 Å². The fraction of sp³-hybridized carbons (Fsp3) is 0.333. The molecule has 9 heteroatoms. The summed E-state index contributed by atoms with van der Waals surface area (Å²) in [7, 11) is 1.71. The van der Waals surface area contributed by atoms with Gasteiger partial charge in [-0.2, -0.15) is 4.80 Å². The molecule has 0 spiro atoms. The predicted molar refractivity (Wildman–Crippen MR) is 101 cm³/mol. The molecule has 3 rings (SSSR count). The third kappa shape index (κ3) is 4.84. The van der Waals surface area contributed by atoms with E-state index < -0.39 is 0 Å². The Morgan fingerprint density at radius 1 is 1.11 bits per heavy atom. The fourth-order valence-corrected chi connectivity index (χ4v) is 2.66. The quantitative estimate of drug-likeness (QED) is 0.714. The van der Waals surface area contributed by atoms with E-state index in [-0.39, 0.29) is 6.03 Å². The maximum Gasteiger partial charge on any atom is 0.319 e. The maximum absolute atomic E-state index is 12.2. The number of rotatable bonds is 5. The molecular formula is C18H22N8O. The number of nitrogens with one attached hydrogen (secondary N) is 2. The first kappa shape index (κ1) is 18.4. The number of amides is 2. The number of tetrazole rings is 1. The standard InChI is InChI=1S/C18H22N8O/c1-11-5-6-14(17-23-25-26(4)24-17)10-15(11)22-18(27)19-8-7-16-20-12(2)9-13(3)21-16/h5-6,9-10H,7-8H2,1-4H3,(H2,19,22,27). The van der Waals surface area contributed by atoms with Crippen molar-refractivity contribution in [2.75, 3.05) is 11.9 Å². The van der Waals surface area contributed by atoms with Crippen molar-refractivity contribution in [2.45, 2.75) is 27.2 Å². The van der Waals surface area contributed by atoms with Crippen molar-refractivity contribution in [1.82, 2.24) is 35.5 Å². The van der Waals surface area contributed by atoms with Crippen LogP contribution in [0.3, 0.4) is 0 Å². The van der Waals surface area contributed by atoms with Crippen molar-refractivity contribution in [3.05, 3.63) is 47.0 Å². The summed E-state index contributed by atoms with van der Waals surface area (Å²) < 4.78 is 0. The molecule has 2 aromatic heterocycles. The van der Waals surface area contributed by atoms with Gasteiger partial charge in [-0.3, -0.25) is 0 Å². The summed E-state index contributed by atoms with van der Waals surface area (Å²) in [5.41, 5.74) is 4.27. The van der Waals surface area contributed by atoms with Crippen LogP contribution < -0.4 is 10.6 Å². The lowest BCUT2D eigenvalue weighted by atomic mass is 10.1. The monoisotopic (exact) mass is 366 g/mol. The van der Waals surface area contributed by atoms with Gasteiger partial charge in [0.05, 0.1) is 7.05 Å². The summed E-state index contributed by atoms with van der Waals surface area (Å²) in [5.74, 6) is 1.23. The van der Waals surface area contributed by atoms with Gasteiger partial charge in [0.2, 0.25) is 5.82 Å². The molecule has 0 aliphatic carbocycles. The van der Waals surface area contributed by atoms with Gasteiger partial charge in [0.25, 0.3) is 0 Å². The van der Waals surface area contributed by atoms with Gasteiger partial charge in [-0.25, -0.2) is 14.8 Å². The number of carbonyl (C=O) groups excluding carboxylic acids is 1. The lowest BCUT2D eigenvalue weighted by Crippen LogP contribution is -2.31. The van der Waals surface area contributed by atoms with Gasteiger partial charge in [0, 0.05) is 35.6 Å². The summed E-state index contributed by atoms with van der Waals surface area (Å²) in [5, 5.41) is 17.7. The van der Waals surface area contributed by atoms with Crippen molar-refractivity contribution < 1.29 is 4.79 Å². The summed E-state index contributed by atoms with van der Waals surface area (Å²) in [6.45, 7) is 6.23. The second-order valence-corrected chi connectivity index (χ2v) is 6.33. The van der Waals surface area contributed by atoms with E-state index in [9.17, 15) is 4.79 Å². The van der Waals surface area contributed by atoms with Crippen LogP contribution in [0.4, 0.5) is 10.5 Å². The van der Waals surface area contributed by atoms with E-state index in [2.05, 4.69) is 36.0 Å². The van der Waals surface area contributed by atoms with Crippen LogP contribution >= 0.6 is 0 Å². The number of hydrogen-bond acceptors (Lipinski definition) is 6. The van der Waals surface area contributed by atoms with Gasteiger partial charge in [-0.05, 0) is 43.7 Å². The third-order valence-electron chi connectivity index (χ3n) is 3.92. The number of benzene rings is 1. The van der Waals surface area contributed by atoms with Crippen LogP contribution in [0.5, 0.6) is 0 Å². The molecule has 2 heterocycles. The van der Waals surface area contributed by atoms with Gasteiger partial charge >= 0.3 is 6.03 Å². The minimum absolute atomic E-state index is 0.285. The molecular weight excluding hydrogens is 344 g/mol. The molecule has 0 atom stereocenters. The smallest absolute Gasteiger partial charge is 0.319 e. The Balaban J connectivity index is 1.60. The Kier molecular flexibility index (Phi) is 5.39. The van der Waals surface area contributed by atoms with Crippen molar-refractivity contribution in [3.63, 3.8) is 0 Å². The lowest BCUT2D eigenvalue weighted by Gasteiger charge is -2.11. The van der Waals surface area contributed by atoms with Crippen molar-refractivity contribution >= 4 is 11.7 Å². The molecule has 27 heavy (non-hydrogen) atoms. The van der Waals surface area contributed by atoms with E-state index in [1.165, 1.54) is 4.80 Å². The highest BCUT2D eigenvalue weighted by Crippen LogP contribution is 2.22. The Morgan fingerprint density at radius 2 is 1.85 bits per heavy atom. The van der Waals surface area contributed by atoms with E-state index in [0.29, 0.717) is 24.5 Å². The number of aromatic nitrogens is 6. The van der Waals surface area contributed by atoms with Crippen LogP contribution in [0, 0.1) is 20.8 Å². The summed E-state index contributed by atoms with van der Waals surface area (Å²) in [6, 6.07) is 7.27.